The van der Waals surface area contributed by atoms with Gasteiger partial charge in [-0.05, 0) is 38.4 Å². The molecule has 1 aliphatic heterocycles. The normalized spacial score (nSPS) is 17.6. The molecule has 0 aromatic heterocycles. The molecule has 1 aromatic carbocycles. The Balaban J connectivity index is 0.00000242. The molecule has 7 heteroatoms. The minimum absolute atomic E-state index is 0. The van der Waals surface area contributed by atoms with E-state index in [1.807, 2.05) is 19.1 Å². The molecule has 2 rings (SSSR count). The highest BCUT2D eigenvalue weighted by Crippen LogP contribution is 2.24. The van der Waals surface area contributed by atoms with Gasteiger partial charge in [-0.2, -0.15) is 0 Å². The molecule has 0 spiro atoms. The first-order valence-corrected chi connectivity index (χ1v) is 7.10. The molecule has 1 atom stereocenters. The van der Waals surface area contributed by atoms with Gasteiger partial charge in [-0.1, -0.05) is 12.1 Å². The van der Waals surface area contributed by atoms with Crippen molar-refractivity contribution in [1.29, 1.82) is 0 Å². The second-order valence-electron chi connectivity index (χ2n) is 4.94. The zero-order chi connectivity index (χ0) is 15.2. The van der Waals surface area contributed by atoms with Gasteiger partial charge in [-0.25, -0.2) is 0 Å². The maximum absolute atomic E-state index is 12.1. The van der Waals surface area contributed by atoms with Crippen LogP contribution in [0.3, 0.4) is 0 Å². The van der Waals surface area contributed by atoms with Crippen molar-refractivity contribution < 1.29 is 19.4 Å². The first kappa shape index (κ1) is 18.3. The number of carbonyl (C=O) groups excluding carboxylic acids is 1. The Morgan fingerprint density at radius 1 is 1.41 bits per heavy atom. The molecule has 0 saturated carbocycles. The SMILES string of the molecule is CCOc1ccccc1NC(=O)CN1CCC[C@H]1C(=O)O.Cl. The third-order valence-corrected chi connectivity index (χ3v) is 3.46. The van der Waals surface area contributed by atoms with Crippen LogP contribution < -0.4 is 10.1 Å². The molecule has 0 radical (unpaired) electrons. The number of hydrogen-bond acceptors (Lipinski definition) is 4. The lowest BCUT2D eigenvalue weighted by Crippen LogP contribution is -2.40. The number of aliphatic carboxylic acids is 1. The summed E-state index contributed by atoms with van der Waals surface area (Å²) in [6.07, 6.45) is 1.40. The smallest absolute Gasteiger partial charge is 0.320 e. The maximum atomic E-state index is 12.1. The van der Waals surface area contributed by atoms with Gasteiger partial charge in [0.25, 0.3) is 0 Å². The number of hydrogen-bond donors (Lipinski definition) is 2. The predicted molar refractivity (Wildman–Crippen MR) is 85.7 cm³/mol. The first-order chi connectivity index (χ1) is 10.1. The summed E-state index contributed by atoms with van der Waals surface area (Å²) < 4.78 is 5.44. The van der Waals surface area contributed by atoms with Crippen molar-refractivity contribution in [3.8, 4) is 5.75 Å². The van der Waals surface area contributed by atoms with E-state index in [1.54, 1.807) is 17.0 Å². The third kappa shape index (κ3) is 4.61. The van der Waals surface area contributed by atoms with Crippen LogP contribution in [0.25, 0.3) is 0 Å². The Labute approximate surface area is 135 Å². The zero-order valence-corrected chi connectivity index (χ0v) is 13.3. The van der Waals surface area contributed by atoms with Crippen molar-refractivity contribution in [2.24, 2.45) is 0 Å². The Bertz CT molecular complexity index is 524. The molecule has 6 nitrogen and oxygen atoms in total. The van der Waals surface area contributed by atoms with Crippen molar-refractivity contribution in [1.82, 2.24) is 4.90 Å². The van der Waals surface area contributed by atoms with Crippen LogP contribution in [0.1, 0.15) is 19.8 Å². The molecular formula is C15H21ClN2O4. The van der Waals surface area contributed by atoms with Crippen LogP contribution in [-0.2, 0) is 9.59 Å². The molecule has 22 heavy (non-hydrogen) atoms. The maximum Gasteiger partial charge on any atom is 0.320 e. The standard InChI is InChI=1S/C15H20N2O4.ClH/c1-2-21-13-8-4-3-6-11(13)16-14(18)10-17-9-5-7-12(17)15(19)20;/h3-4,6,8,12H,2,5,7,9-10H2,1H3,(H,16,18)(H,19,20);1H/t12-;/m0./s1. The molecule has 1 fully saturated rings. The summed E-state index contributed by atoms with van der Waals surface area (Å²) in [5.74, 6) is -0.477. The van der Waals surface area contributed by atoms with Crippen LogP contribution in [0, 0.1) is 0 Å². The average molecular weight is 329 g/mol. The molecule has 0 bridgehead atoms. The van der Waals surface area contributed by atoms with E-state index in [0.29, 0.717) is 31.0 Å². The number of para-hydroxylation sites is 2. The average Bonchev–Trinajstić information content (AvgIpc) is 2.89. The minimum Gasteiger partial charge on any atom is -0.492 e. The summed E-state index contributed by atoms with van der Waals surface area (Å²) in [6.45, 7) is 3.11. The molecule has 1 aromatic rings. The second-order valence-corrected chi connectivity index (χ2v) is 4.94. The lowest BCUT2D eigenvalue weighted by molar-refractivity contribution is -0.142. The largest absolute Gasteiger partial charge is 0.492 e. The van der Waals surface area contributed by atoms with Crippen LogP contribution in [0.15, 0.2) is 24.3 Å². The van der Waals surface area contributed by atoms with Gasteiger partial charge in [0.2, 0.25) is 5.91 Å². The highest BCUT2D eigenvalue weighted by atomic mass is 35.5. The van der Waals surface area contributed by atoms with Gasteiger partial charge in [0.1, 0.15) is 11.8 Å². The fourth-order valence-electron chi connectivity index (χ4n) is 2.52. The number of amides is 1. The molecule has 1 heterocycles. The predicted octanol–water partition coefficient (Wildman–Crippen LogP) is 1.99. The Morgan fingerprint density at radius 2 is 2.14 bits per heavy atom. The van der Waals surface area contributed by atoms with Gasteiger partial charge in [0.05, 0.1) is 18.8 Å². The number of benzene rings is 1. The Kier molecular flexibility index (Phi) is 7.14. The fraction of sp³-hybridized carbons (Fsp3) is 0.467. The topological polar surface area (TPSA) is 78.9 Å². The van der Waals surface area contributed by atoms with Gasteiger partial charge in [0, 0.05) is 0 Å². The number of rotatable bonds is 6. The van der Waals surface area contributed by atoms with Crippen LogP contribution in [-0.4, -0.2) is 47.6 Å². The first-order valence-electron chi connectivity index (χ1n) is 7.10. The molecule has 122 valence electrons. The highest BCUT2D eigenvalue weighted by Gasteiger charge is 2.31. The Hall–Kier alpha value is -1.79. The summed E-state index contributed by atoms with van der Waals surface area (Å²) in [5, 5.41) is 11.9. The minimum atomic E-state index is -0.866. The summed E-state index contributed by atoms with van der Waals surface area (Å²) >= 11 is 0. The fourth-order valence-corrected chi connectivity index (χ4v) is 2.52. The van der Waals surface area contributed by atoms with Crippen LogP contribution in [0.4, 0.5) is 5.69 Å². The molecule has 0 aliphatic carbocycles. The summed E-state index contributed by atoms with van der Waals surface area (Å²) in [5.41, 5.74) is 0.607. The second kappa shape index (κ2) is 8.60. The Morgan fingerprint density at radius 3 is 2.82 bits per heavy atom. The van der Waals surface area contributed by atoms with E-state index in [9.17, 15) is 9.59 Å². The quantitative estimate of drug-likeness (QED) is 0.835. The number of nitrogens with one attached hydrogen (secondary N) is 1. The molecule has 1 saturated heterocycles. The van der Waals surface area contributed by atoms with E-state index in [0.717, 1.165) is 6.42 Å². The summed E-state index contributed by atoms with van der Waals surface area (Å²) in [4.78, 5) is 24.9. The van der Waals surface area contributed by atoms with E-state index in [-0.39, 0.29) is 24.9 Å². The van der Waals surface area contributed by atoms with Crippen molar-refractivity contribution in [2.45, 2.75) is 25.8 Å². The number of halogens is 1. The monoisotopic (exact) mass is 328 g/mol. The van der Waals surface area contributed by atoms with E-state index >= 15 is 0 Å². The molecule has 1 amide bonds. The van der Waals surface area contributed by atoms with E-state index in [1.165, 1.54) is 0 Å². The molecule has 2 N–H and O–H groups in total. The third-order valence-electron chi connectivity index (χ3n) is 3.46. The summed E-state index contributed by atoms with van der Waals surface area (Å²) in [7, 11) is 0. The van der Waals surface area contributed by atoms with Gasteiger partial charge in [-0.3, -0.25) is 14.5 Å². The van der Waals surface area contributed by atoms with Gasteiger partial charge < -0.3 is 15.2 Å². The van der Waals surface area contributed by atoms with Gasteiger partial charge in [0.15, 0.2) is 0 Å². The lowest BCUT2D eigenvalue weighted by atomic mass is 10.2. The number of carbonyl (C=O) groups is 2. The number of anilines is 1. The van der Waals surface area contributed by atoms with E-state index in [2.05, 4.69) is 5.32 Å². The van der Waals surface area contributed by atoms with E-state index in [4.69, 9.17) is 9.84 Å². The van der Waals surface area contributed by atoms with Crippen LogP contribution in [0.5, 0.6) is 5.75 Å². The molecule has 0 unspecified atom stereocenters. The van der Waals surface area contributed by atoms with Gasteiger partial charge in [-0.15, -0.1) is 12.4 Å². The number of carboxylic acid groups (broad SMARTS) is 1. The van der Waals surface area contributed by atoms with Crippen molar-refractivity contribution in [3.63, 3.8) is 0 Å². The van der Waals surface area contributed by atoms with Crippen molar-refractivity contribution >= 4 is 30.0 Å². The number of ether oxygens (including phenoxy) is 1. The highest BCUT2D eigenvalue weighted by molar-refractivity contribution is 5.94. The van der Waals surface area contributed by atoms with Gasteiger partial charge >= 0.3 is 5.97 Å². The zero-order valence-electron chi connectivity index (χ0n) is 12.4. The van der Waals surface area contributed by atoms with Crippen molar-refractivity contribution in [3.05, 3.63) is 24.3 Å². The van der Waals surface area contributed by atoms with Crippen LogP contribution >= 0.6 is 12.4 Å². The van der Waals surface area contributed by atoms with Crippen molar-refractivity contribution in [2.75, 3.05) is 25.0 Å². The lowest BCUT2D eigenvalue weighted by Gasteiger charge is -2.20. The number of nitrogens with zero attached hydrogens (tertiary/aromatic N) is 1. The number of carboxylic acids is 1. The summed E-state index contributed by atoms with van der Waals surface area (Å²) in [6, 6.07) is 6.64. The molecule has 1 aliphatic rings. The number of likely N-dealkylation sites (tertiary alicyclic amines) is 1. The van der Waals surface area contributed by atoms with Crippen LogP contribution in [0.2, 0.25) is 0 Å². The molecular weight excluding hydrogens is 308 g/mol. The van der Waals surface area contributed by atoms with E-state index < -0.39 is 12.0 Å².